The molecule has 22 heavy (non-hydrogen) atoms. The molecule has 0 radical (unpaired) electrons. The van der Waals surface area contributed by atoms with E-state index in [0.29, 0.717) is 42.5 Å². The summed E-state index contributed by atoms with van der Waals surface area (Å²) >= 11 is 6.09. The third-order valence-electron chi connectivity index (χ3n) is 3.67. The number of carboxylic acid groups (broad SMARTS) is 1. The topological polar surface area (TPSA) is 84.9 Å². The first-order chi connectivity index (χ1) is 10.5. The summed E-state index contributed by atoms with van der Waals surface area (Å²) in [5.41, 5.74) is 0.519. The Bertz CT molecular complexity index is 563. The zero-order chi connectivity index (χ0) is 16.1. The number of halogens is 1. The summed E-state index contributed by atoms with van der Waals surface area (Å²) in [6.07, 6.45) is 1.13. The predicted octanol–water partition coefficient (Wildman–Crippen LogP) is 2.41. The lowest BCUT2D eigenvalue weighted by molar-refractivity contribution is -0.151. The van der Waals surface area contributed by atoms with Crippen molar-refractivity contribution in [1.29, 1.82) is 0 Å². The summed E-state index contributed by atoms with van der Waals surface area (Å²) in [5, 5.41) is 12.0. The van der Waals surface area contributed by atoms with Gasteiger partial charge in [-0.25, -0.2) is 0 Å². The lowest BCUT2D eigenvalue weighted by Gasteiger charge is -2.31. The minimum atomic E-state index is -0.925. The molecule has 6 nitrogen and oxygen atoms in total. The number of aliphatic carboxylic acids is 1. The fourth-order valence-corrected chi connectivity index (χ4v) is 2.51. The Hall–Kier alpha value is -1.79. The first-order valence-electron chi connectivity index (χ1n) is 6.98. The third kappa shape index (κ3) is 3.90. The summed E-state index contributed by atoms with van der Waals surface area (Å²) in [6, 6.07) is 4.90. The molecule has 0 bridgehead atoms. The van der Waals surface area contributed by atoms with Crippen LogP contribution in [0.3, 0.4) is 0 Å². The molecule has 0 spiro atoms. The summed E-state index contributed by atoms with van der Waals surface area (Å²) in [4.78, 5) is 23.0. The Morgan fingerprint density at radius 1 is 1.32 bits per heavy atom. The van der Waals surface area contributed by atoms with Gasteiger partial charge in [-0.15, -0.1) is 0 Å². The number of anilines is 1. The molecule has 2 N–H and O–H groups in total. The second-order valence-electron chi connectivity index (χ2n) is 5.10. The van der Waals surface area contributed by atoms with Gasteiger partial charge in [0.05, 0.1) is 23.5 Å². The standard InChI is InChI=1S/C15H18ClNO5/c1-21-6-7-22-13-5-2-9(8-12(13)16)17-14(18)10-3-4-11(10)15(19)20/h2,5,8,10-11H,3-4,6-7H2,1H3,(H,17,18)(H,19,20). The number of amides is 1. The lowest BCUT2D eigenvalue weighted by Crippen LogP contribution is -2.41. The van der Waals surface area contributed by atoms with Crippen LogP contribution in [0.25, 0.3) is 0 Å². The van der Waals surface area contributed by atoms with E-state index in [9.17, 15) is 9.59 Å². The van der Waals surface area contributed by atoms with Crippen LogP contribution < -0.4 is 10.1 Å². The molecule has 0 aromatic heterocycles. The maximum absolute atomic E-state index is 12.1. The molecule has 120 valence electrons. The molecule has 1 amide bonds. The molecule has 1 aromatic rings. The minimum Gasteiger partial charge on any atom is -0.490 e. The molecule has 2 unspecified atom stereocenters. The number of carbonyl (C=O) groups is 2. The van der Waals surface area contributed by atoms with Crippen LogP contribution in [0.1, 0.15) is 12.8 Å². The van der Waals surface area contributed by atoms with Crippen molar-refractivity contribution < 1.29 is 24.2 Å². The van der Waals surface area contributed by atoms with Crippen molar-refractivity contribution >= 4 is 29.2 Å². The van der Waals surface area contributed by atoms with E-state index in [1.807, 2.05) is 0 Å². The van der Waals surface area contributed by atoms with E-state index in [0.717, 1.165) is 0 Å². The largest absolute Gasteiger partial charge is 0.490 e. The van der Waals surface area contributed by atoms with Crippen LogP contribution in [-0.2, 0) is 14.3 Å². The number of carbonyl (C=O) groups excluding carboxylic acids is 1. The molecule has 1 aromatic carbocycles. The minimum absolute atomic E-state index is 0.289. The van der Waals surface area contributed by atoms with Gasteiger partial charge in [0.25, 0.3) is 0 Å². The van der Waals surface area contributed by atoms with Crippen LogP contribution in [0, 0.1) is 11.8 Å². The second-order valence-corrected chi connectivity index (χ2v) is 5.51. The fraction of sp³-hybridized carbons (Fsp3) is 0.467. The van der Waals surface area contributed by atoms with Crippen LogP contribution >= 0.6 is 11.6 Å². The summed E-state index contributed by atoms with van der Waals surface area (Å²) in [5.74, 6) is -1.78. The Morgan fingerprint density at radius 3 is 2.59 bits per heavy atom. The molecule has 1 aliphatic rings. The highest BCUT2D eigenvalue weighted by Gasteiger charge is 2.41. The highest BCUT2D eigenvalue weighted by molar-refractivity contribution is 6.32. The van der Waals surface area contributed by atoms with Gasteiger partial charge in [0.1, 0.15) is 12.4 Å². The first kappa shape index (κ1) is 16.6. The van der Waals surface area contributed by atoms with Gasteiger partial charge in [0, 0.05) is 12.8 Å². The number of nitrogens with one attached hydrogen (secondary N) is 1. The number of rotatable bonds is 7. The Morgan fingerprint density at radius 2 is 2.05 bits per heavy atom. The second kappa shape index (κ2) is 7.47. The van der Waals surface area contributed by atoms with Gasteiger partial charge >= 0.3 is 5.97 Å². The van der Waals surface area contributed by atoms with Gasteiger partial charge in [0.2, 0.25) is 5.91 Å². The number of hydrogen-bond acceptors (Lipinski definition) is 4. The normalized spacial score (nSPS) is 20.1. The highest BCUT2D eigenvalue weighted by atomic mass is 35.5. The monoisotopic (exact) mass is 327 g/mol. The van der Waals surface area contributed by atoms with Crippen molar-refractivity contribution in [3.8, 4) is 5.75 Å². The molecular weight excluding hydrogens is 310 g/mol. The molecule has 1 saturated carbocycles. The molecule has 0 aliphatic heterocycles. The predicted molar refractivity (Wildman–Crippen MR) is 81.3 cm³/mol. The van der Waals surface area contributed by atoms with Gasteiger partial charge in [-0.1, -0.05) is 11.6 Å². The Balaban J connectivity index is 1.94. The average Bonchev–Trinajstić information content (AvgIpc) is 2.39. The van der Waals surface area contributed by atoms with Gasteiger partial charge < -0.3 is 19.9 Å². The molecule has 7 heteroatoms. The molecule has 2 atom stereocenters. The summed E-state index contributed by atoms with van der Waals surface area (Å²) in [7, 11) is 1.58. The van der Waals surface area contributed by atoms with E-state index in [-0.39, 0.29) is 5.91 Å². The number of benzene rings is 1. The maximum Gasteiger partial charge on any atom is 0.307 e. The molecular formula is C15H18ClNO5. The van der Waals surface area contributed by atoms with Gasteiger partial charge in [-0.05, 0) is 31.0 Å². The summed E-state index contributed by atoms with van der Waals surface area (Å²) in [6.45, 7) is 0.831. The number of ether oxygens (including phenoxy) is 2. The van der Waals surface area contributed by atoms with Crippen molar-refractivity contribution in [2.24, 2.45) is 11.8 Å². The smallest absolute Gasteiger partial charge is 0.307 e. The van der Waals surface area contributed by atoms with Gasteiger partial charge in [-0.2, -0.15) is 0 Å². The Labute approximate surface area is 133 Å². The Kier molecular flexibility index (Phi) is 5.63. The van der Waals surface area contributed by atoms with E-state index in [1.165, 1.54) is 0 Å². The molecule has 1 aliphatic carbocycles. The van der Waals surface area contributed by atoms with Gasteiger partial charge in [-0.3, -0.25) is 9.59 Å². The number of methoxy groups -OCH3 is 1. The summed E-state index contributed by atoms with van der Waals surface area (Å²) < 4.78 is 10.3. The van der Waals surface area contributed by atoms with Gasteiger partial charge in [0.15, 0.2) is 0 Å². The van der Waals surface area contributed by atoms with Crippen LogP contribution in [0.15, 0.2) is 18.2 Å². The van der Waals surface area contributed by atoms with Crippen molar-refractivity contribution in [2.75, 3.05) is 25.6 Å². The van der Waals surface area contributed by atoms with Crippen molar-refractivity contribution in [2.45, 2.75) is 12.8 Å². The fourth-order valence-electron chi connectivity index (χ4n) is 2.27. The highest BCUT2D eigenvalue weighted by Crippen LogP contribution is 2.36. The van der Waals surface area contributed by atoms with Crippen LogP contribution in [0.4, 0.5) is 5.69 Å². The maximum atomic E-state index is 12.1. The molecule has 1 fully saturated rings. The third-order valence-corrected chi connectivity index (χ3v) is 3.97. The van der Waals surface area contributed by atoms with E-state index in [2.05, 4.69) is 5.32 Å². The van der Waals surface area contributed by atoms with Crippen LogP contribution in [-0.4, -0.2) is 37.3 Å². The zero-order valence-electron chi connectivity index (χ0n) is 12.2. The van der Waals surface area contributed by atoms with Crippen molar-refractivity contribution in [3.63, 3.8) is 0 Å². The van der Waals surface area contributed by atoms with E-state index in [4.69, 9.17) is 26.2 Å². The van der Waals surface area contributed by atoms with Crippen LogP contribution in [0.2, 0.25) is 5.02 Å². The zero-order valence-corrected chi connectivity index (χ0v) is 12.9. The lowest BCUT2D eigenvalue weighted by atomic mass is 9.73. The van der Waals surface area contributed by atoms with E-state index >= 15 is 0 Å². The molecule has 0 heterocycles. The molecule has 2 rings (SSSR count). The first-order valence-corrected chi connectivity index (χ1v) is 7.35. The molecule has 0 saturated heterocycles. The van der Waals surface area contributed by atoms with E-state index in [1.54, 1.807) is 25.3 Å². The van der Waals surface area contributed by atoms with Crippen molar-refractivity contribution in [3.05, 3.63) is 23.2 Å². The SMILES string of the molecule is COCCOc1ccc(NC(=O)C2CCC2C(=O)O)cc1Cl. The van der Waals surface area contributed by atoms with Crippen molar-refractivity contribution in [1.82, 2.24) is 0 Å². The quantitative estimate of drug-likeness (QED) is 0.751. The number of carboxylic acids is 1. The van der Waals surface area contributed by atoms with E-state index < -0.39 is 17.8 Å². The average molecular weight is 328 g/mol. The van der Waals surface area contributed by atoms with Crippen LogP contribution in [0.5, 0.6) is 5.75 Å². The number of hydrogen-bond donors (Lipinski definition) is 2.